The predicted octanol–water partition coefficient (Wildman–Crippen LogP) is 4.49. The number of carbonyl (C=O) groups excluding carboxylic acids is 1. The molecule has 1 aromatic heterocycles. The molecule has 0 unspecified atom stereocenters. The number of ether oxygens (including phenoxy) is 3. The van der Waals surface area contributed by atoms with Crippen molar-refractivity contribution < 1.29 is 19.0 Å². The van der Waals surface area contributed by atoms with Crippen molar-refractivity contribution in [2.45, 2.75) is 0 Å². The molecule has 0 radical (unpaired) electrons. The van der Waals surface area contributed by atoms with Crippen molar-refractivity contribution >= 4 is 29.0 Å². The summed E-state index contributed by atoms with van der Waals surface area (Å²) in [6.45, 7) is 0. The van der Waals surface area contributed by atoms with Crippen LogP contribution in [0, 0.1) is 0 Å². The summed E-state index contributed by atoms with van der Waals surface area (Å²) in [6.07, 6.45) is 4.91. The first kappa shape index (κ1) is 19.4. The van der Waals surface area contributed by atoms with Gasteiger partial charge < -0.3 is 19.5 Å². The molecule has 28 heavy (non-hydrogen) atoms. The molecule has 144 valence electrons. The first-order valence-corrected chi connectivity index (χ1v) is 9.31. The summed E-state index contributed by atoms with van der Waals surface area (Å²) in [5.41, 5.74) is 2.48. The Morgan fingerprint density at radius 1 is 1.04 bits per heavy atom. The van der Waals surface area contributed by atoms with E-state index >= 15 is 0 Å². The normalized spacial score (nSPS) is 10.7. The van der Waals surface area contributed by atoms with Crippen LogP contribution in [0.25, 0.3) is 16.6 Å². The van der Waals surface area contributed by atoms with E-state index in [-0.39, 0.29) is 5.91 Å². The zero-order chi connectivity index (χ0) is 19.9. The Morgan fingerprint density at radius 2 is 1.71 bits per heavy atom. The molecular formula is C21H20N2O4S. The third kappa shape index (κ3) is 4.50. The monoisotopic (exact) mass is 396 g/mol. The second kappa shape index (κ2) is 9.05. The Hall–Kier alpha value is -3.32. The summed E-state index contributed by atoms with van der Waals surface area (Å²) >= 11 is 1.57. The third-order valence-corrected chi connectivity index (χ3v) is 4.77. The number of nitrogens with one attached hydrogen (secondary N) is 1. The lowest BCUT2D eigenvalue weighted by Crippen LogP contribution is -2.07. The summed E-state index contributed by atoms with van der Waals surface area (Å²) in [4.78, 5) is 16.5. The van der Waals surface area contributed by atoms with Gasteiger partial charge in [0.25, 0.3) is 0 Å². The summed E-state index contributed by atoms with van der Waals surface area (Å²) in [5, 5.41) is 5.71. The summed E-state index contributed by atoms with van der Waals surface area (Å²) < 4.78 is 15.9. The lowest BCUT2D eigenvalue weighted by atomic mass is 10.1. The molecule has 0 spiro atoms. The van der Waals surface area contributed by atoms with Crippen LogP contribution in [0.5, 0.6) is 17.2 Å². The van der Waals surface area contributed by atoms with Gasteiger partial charge in [0.2, 0.25) is 11.7 Å². The Balaban J connectivity index is 1.70. The van der Waals surface area contributed by atoms with Crippen molar-refractivity contribution in [2.75, 3.05) is 26.6 Å². The minimum atomic E-state index is -0.240. The highest BCUT2D eigenvalue weighted by Crippen LogP contribution is 2.38. The molecule has 0 saturated heterocycles. The number of methoxy groups -OCH3 is 3. The van der Waals surface area contributed by atoms with Gasteiger partial charge in [-0.2, -0.15) is 0 Å². The van der Waals surface area contributed by atoms with Crippen LogP contribution in [0.3, 0.4) is 0 Å². The fourth-order valence-electron chi connectivity index (χ4n) is 2.62. The number of hydrogen-bond donors (Lipinski definition) is 1. The van der Waals surface area contributed by atoms with E-state index in [4.69, 9.17) is 14.2 Å². The highest BCUT2D eigenvalue weighted by atomic mass is 32.1. The van der Waals surface area contributed by atoms with Crippen molar-refractivity contribution in [3.63, 3.8) is 0 Å². The van der Waals surface area contributed by atoms with Gasteiger partial charge in [-0.05, 0) is 48.0 Å². The first-order chi connectivity index (χ1) is 13.6. The van der Waals surface area contributed by atoms with E-state index in [2.05, 4.69) is 10.3 Å². The summed E-state index contributed by atoms with van der Waals surface area (Å²) in [6, 6.07) is 11.1. The zero-order valence-corrected chi connectivity index (χ0v) is 16.6. The molecule has 0 bridgehead atoms. The molecule has 1 amide bonds. The largest absolute Gasteiger partial charge is 0.493 e. The number of benzene rings is 2. The van der Waals surface area contributed by atoms with Gasteiger partial charge in [-0.3, -0.25) is 4.79 Å². The first-order valence-electron chi connectivity index (χ1n) is 8.43. The van der Waals surface area contributed by atoms with Crippen molar-refractivity contribution in [3.8, 4) is 27.8 Å². The van der Waals surface area contributed by atoms with Crippen LogP contribution in [0.1, 0.15) is 5.56 Å². The number of anilines is 1. The number of rotatable bonds is 7. The molecule has 0 saturated carbocycles. The number of thiazole rings is 1. The standard InChI is InChI=1S/C21H20N2O4S/c1-25-17-12-14(13-18(26-2)20(17)27-3)4-9-19(24)23-16-7-5-15(6-8-16)21-22-10-11-28-21/h4-13H,1-3H3,(H,23,24). The van der Waals surface area contributed by atoms with Gasteiger partial charge in [-0.1, -0.05) is 0 Å². The lowest BCUT2D eigenvalue weighted by molar-refractivity contribution is -0.111. The van der Waals surface area contributed by atoms with E-state index in [0.717, 1.165) is 16.1 Å². The van der Waals surface area contributed by atoms with E-state index in [0.29, 0.717) is 22.9 Å². The SMILES string of the molecule is COc1cc(C=CC(=O)Nc2ccc(-c3nccs3)cc2)cc(OC)c1OC. The molecule has 3 aromatic rings. The fraction of sp³-hybridized carbons (Fsp3) is 0.143. The van der Waals surface area contributed by atoms with Crippen molar-refractivity contribution in [1.29, 1.82) is 0 Å². The molecule has 2 aromatic carbocycles. The van der Waals surface area contributed by atoms with E-state index < -0.39 is 0 Å². The number of carbonyl (C=O) groups is 1. The molecule has 3 rings (SSSR count). The van der Waals surface area contributed by atoms with Crippen LogP contribution in [-0.2, 0) is 4.79 Å². The molecule has 0 aliphatic rings. The van der Waals surface area contributed by atoms with E-state index in [9.17, 15) is 4.79 Å². The second-order valence-corrected chi connectivity index (χ2v) is 6.59. The Bertz CT molecular complexity index is 942. The molecule has 1 N–H and O–H groups in total. The van der Waals surface area contributed by atoms with Gasteiger partial charge >= 0.3 is 0 Å². The molecule has 0 aliphatic heterocycles. The minimum absolute atomic E-state index is 0.240. The minimum Gasteiger partial charge on any atom is -0.493 e. The molecule has 0 fully saturated rings. The molecule has 0 atom stereocenters. The number of amides is 1. The topological polar surface area (TPSA) is 69.7 Å². The molecule has 1 heterocycles. The maximum atomic E-state index is 12.2. The predicted molar refractivity (Wildman–Crippen MR) is 111 cm³/mol. The zero-order valence-electron chi connectivity index (χ0n) is 15.8. The highest BCUT2D eigenvalue weighted by molar-refractivity contribution is 7.13. The van der Waals surface area contributed by atoms with Gasteiger partial charge in [0.1, 0.15) is 5.01 Å². The maximum absolute atomic E-state index is 12.2. The fourth-order valence-corrected chi connectivity index (χ4v) is 3.26. The van der Waals surface area contributed by atoms with Crippen molar-refractivity contribution in [3.05, 3.63) is 59.6 Å². The summed E-state index contributed by atoms with van der Waals surface area (Å²) in [5.74, 6) is 1.32. The van der Waals surface area contributed by atoms with Crippen LogP contribution >= 0.6 is 11.3 Å². The lowest BCUT2D eigenvalue weighted by Gasteiger charge is -2.12. The van der Waals surface area contributed by atoms with Crippen LogP contribution in [0.2, 0.25) is 0 Å². The second-order valence-electron chi connectivity index (χ2n) is 5.70. The van der Waals surface area contributed by atoms with Crippen LogP contribution in [0.4, 0.5) is 5.69 Å². The maximum Gasteiger partial charge on any atom is 0.248 e. The Kier molecular flexibility index (Phi) is 6.29. The van der Waals surface area contributed by atoms with Crippen molar-refractivity contribution in [2.24, 2.45) is 0 Å². The van der Waals surface area contributed by atoms with Gasteiger partial charge in [0, 0.05) is 28.9 Å². The molecular weight excluding hydrogens is 376 g/mol. The Morgan fingerprint density at radius 3 is 2.25 bits per heavy atom. The smallest absolute Gasteiger partial charge is 0.248 e. The molecule has 6 nitrogen and oxygen atoms in total. The highest BCUT2D eigenvalue weighted by Gasteiger charge is 2.12. The summed E-state index contributed by atoms with van der Waals surface area (Å²) in [7, 11) is 4.64. The van der Waals surface area contributed by atoms with Crippen LogP contribution in [-0.4, -0.2) is 32.2 Å². The number of aromatic nitrogens is 1. The van der Waals surface area contributed by atoms with Gasteiger partial charge in [-0.25, -0.2) is 4.98 Å². The van der Waals surface area contributed by atoms with E-state index in [1.807, 2.05) is 29.6 Å². The Labute approximate surface area is 167 Å². The molecule has 0 aliphatic carbocycles. The number of hydrogen-bond acceptors (Lipinski definition) is 6. The van der Waals surface area contributed by atoms with Gasteiger partial charge in [0.15, 0.2) is 11.5 Å². The van der Waals surface area contributed by atoms with Gasteiger partial charge in [-0.15, -0.1) is 11.3 Å². The number of nitrogens with zero attached hydrogens (tertiary/aromatic N) is 1. The van der Waals surface area contributed by atoms with E-state index in [1.54, 1.807) is 57.1 Å². The van der Waals surface area contributed by atoms with E-state index in [1.165, 1.54) is 6.08 Å². The third-order valence-electron chi connectivity index (χ3n) is 3.95. The average Bonchev–Trinajstić information content (AvgIpc) is 3.26. The molecule has 7 heteroatoms. The quantitative estimate of drug-likeness (QED) is 0.596. The van der Waals surface area contributed by atoms with Crippen LogP contribution < -0.4 is 19.5 Å². The van der Waals surface area contributed by atoms with Crippen LogP contribution in [0.15, 0.2) is 54.1 Å². The average molecular weight is 396 g/mol. The van der Waals surface area contributed by atoms with Gasteiger partial charge in [0.05, 0.1) is 21.3 Å². The van der Waals surface area contributed by atoms with Crippen molar-refractivity contribution in [1.82, 2.24) is 4.98 Å².